The van der Waals surface area contributed by atoms with E-state index < -0.39 is 11.2 Å². The third-order valence-corrected chi connectivity index (χ3v) is 4.26. The molecular formula is C20H18N4O3. The number of ether oxygens (including phenoxy) is 1. The summed E-state index contributed by atoms with van der Waals surface area (Å²) < 4.78 is 7.11. The Labute approximate surface area is 154 Å². The molecule has 0 bridgehead atoms. The summed E-state index contributed by atoms with van der Waals surface area (Å²) in [7, 11) is 0. The number of hydrogen-bond acceptors (Lipinski definition) is 4. The number of H-pyrrole nitrogens is 2. The summed E-state index contributed by atoms with van der Waals surface area (Å²) >= 11 is 0. The third kappa shape index (κ3) is 3.15. The van der Waals surface area contributed by atoms with Gasteiger partial charge in [-0.2, -0.15) is 0 Å². The minimum absolute atomic E-state index is 0.256. The van der Waals surface area contributed by atoms with Crippen LogP contribution in [0.4, 0.5) is 0 Å². The van der Waals surface area contributed by atoms with Crippen LogP contribution in [-0.2, 0) is 6.54 Å². The van der Waals surface area contributed by atoms with Crippen molar-refractivity contribution in [2.24, 2.45) is 0 Å². The molecule has 2 aromatic heterocycles. The molecule has 0 aliphatic rings. The quantitative estimate of drug-likeness (QED) is 0.571. The summed E-state index contributed by atoms with van der Waals surface area (Å²) in [6.07, 6.45) is 0. The van der Waals surface area contributed by atoms with Crippen LogP contribution in [0.5, 0.6) is 5.75 Å². The van der Waals surface area contributed by atoms with Gasteiger partial charge in [-0.3, -0.25) is 14.3 Å². The minimum Gasteiger partial charge on any atom is -0.493 e. The predicted octanol–water partition coefficient (Wildman–Crippen LogP) is 2.53. The Hall–Kier alpha value is -3.61. The number of aromatic nitrogens is 4. The standard InChI is InChI=1S/C20H18N4O3/c1-2-27-15-11-7-6-10-14(15)17-21-16-18(22-17)24(20(26)23-19(16)25)12-13-8-4-3-5-9-13/h3-11H,2,12H2,1H3,(H,21,22)(H,23,25,26). The first-order valence-electron chi connectivity index (χ1n) is 8.66. The second-order valence-corrected chi connectivity index (χ2v) is 6.04. The summed E-state index contributed by atoms with van der Waals surface area (Å²) in [4.78, 5) is 34.6. The van der Waals surface area contributed by atoms with Crippen molar-refractivity contribution < 1.29 is 4.74 Å². The number of para-hydroxylation sites is 1. The molecule has 0 radical (unpaired) electrons. The number of fused-ring (bicyclic) bond motifs is 1. The molecule has 7 heteroatoms. The fourth-order valence-corrected chi connectivity index (χ4v) is 3.02. The van der Waals surface area contributed by atoms with Crippen LogP contribution in [-0.4, -0.2) is 26.1 Å². The van der Waals surface area contributed by atoms with Crippen LogP contribution in [0.2, 0.25) is 0 Å². The van der Waals surface area contributed by atoms with Gasteiger partial charge in [0.1, 0.15) is 17.1 Å². The van der Waals surface area contributed by atoms with E-state index in [1.807, 2.05) is 61.5 Å². The molecule has 2 aromatic carbocycles. The van der Waals surface area contributed by atoms with Crippen LogP contribution in [0.1, 0.15) is 12.5 Å². The Kier molecular flexibility index (Phi) is 4.33. The summed E-state index contributed by atoms with van der Waals surface area (Å²) in [6, 6.07) is 17.0. The first-order chi connectivity index (χ1) is 13.2. The maximum Gasteiger partial charge on any atom is 0.330 e. The van der Waals surface area contributed by atoms with E-state index in [0.717, 1.165) is 11.1 Å². The minimum atomic E-state index is -0.494. The van der Waals surface area contributed by atoms with Crippen molar-refractivity contribution in [2.45, 2.75) is 13.5 Å². The summed E-state index contributed by atoms with van der Waals surface area (Å²) in [6.45, 7) is 2.72. The van der Waals surface area contributed by atoms with Gasteiger partial charge in [0.2, 0.25) is 0 Å². The second kappa shape index (κ2) is 6.95. The van der Waals surface area contributed by atoms with Crippen LogP contribution in [0.25, 0.3) is 22.6 Å². The van der Waals surface area contributed by atoms with E-state index in [4.69, 9.17) is 4.74 Å². The number of nitrogens with one attached hydrogen (secondary N) is 2. The Morgan fingerprint density at radius 1 is 1.00 bits per heavy atom. The molecule has 2 N–H and O–H groups in total. The van der Waals surface area contributed by atoms with Crippen molar-refractivity contribution in [3.05, 3.63) is 81.0 Å². The smallest absolute Gasteiger partial charge is 0.330 e. The van der Waals surface area contributed by atoms with Crippen molar-refractivity contribution in [3.63, 3.8) is 0 Å². The molecule has 27 heavy (non-hydrogen) atoms. The normalized spacial score (nSPS) is 11.0. The van der Waals surface area contributed by atoms with Crippen molar-refractivity contribution >= 4 is 11.2 Å². The molecule has 0 unspecified atom stereocenters. The van der Waals surface area contributed by atoms with Gasteiger partial charge in [-0.1, -0.05) is 42.5 Å². The monoisotopic (exact) mass is 362 g/mol. The lowest BCUT2D eigenvalue weighted by molar-refractivity contribution is 0.341. The van der Waals surface area contributed by atoms with E-state index in [2.05, 4.69) is 15.0 Å². The van der Waals surface area contributed by atoms with E-state index in [1.165, 1.54) is 4.57 Å². The molecule has 7 nitrogen and oxygen atoms in total. The highest BCUT2D eigenvalue weighted by Crippen LogP contribution is 2.28. The maximum atomic E-state index is 12.4. The van der Waals surface area contributed by atoms with Gasteiger partial charge in [-0.25, -0.2) is 9.78 Å². The highest BCUT2D eigenvalue weighted by atomic mass is 16.5. The van der Waals surface area contributed by atoms with Crippen LogP contribution in [0, 0.1) is 0 Å². The molecule has 4 aromatic rings. The van der Waals surface area contributed by atoms with Crippen molar-refractivity contribution in [2.75, 3.05) is 6.61 Å². The van der Waals surface area contributed by atoms with Crippen LogP contribution in [0.15, 0.2) is 64.2 Å². The molecule has 0 atom stereocenters. The lowest BCUT2D eigenvalue weighted by Crippen LogP contribution is -2.30. The Balaban J connectivity index is 1.90. The van der Waals surface area contributed by atoms with Crippen LogP contribution in [0.3, 0.4) is 0 Å². The molecule has 0 amide bonds. The van der Waals surface area contributed by atoms with Gasteiger partial charge in [0, 0.05) is 0 Å². The number of rotatable bonds is 5. The van der Waals surface area contributed by atoms with Gasteiger partial charge >= 0.3 is 5.69 Å². The average Bonchev–Trinajstić information content (AvgIpc) is 3.12. The lowest BCUT2D eigenvalue weighted by Gasteiger charge is -2.07. The highest BCUT2D eigenvalue weighted by Gasteiger charge is 2.16. The van der Waals surface area contributed by atoms with Gasteiger partial charge in [0.15, 0.2) is 5.65 Å². The Morgan fingerprint density at radius 2 is 1.74 bits per heavy atom. The average molecular weight is 362 g/mol. The predicted molar refractivity (Wildman–Crippen MR) is 103 cm³/mol. The summed E-state index contributed by atoms with van der Waals surface area (Å²) in [5, 5.41) is 0. The SMILES string of the molecule is CCOc1ccccc1-c1nc2c([nH]1)c(=O)[nH]c(=O)n2Cc1ccccc1. The number of hydrogen-bond donors (Lipinski definition) is 2. The summed E-state index contributed by atoms with van der Waals surface area (Å²) in [5.41, 5.74) is 1.25. The molecule has 0 aliphatic carbocycles. The van der Waals surface area contributed by atoms with Gasteiger partial charge in [-0.15, -0.1) is 0 Å². The molecule has 4 rings (SSSR count). The second-order valence-electron chi connectivity index (χ2n) is 6.04. The first-order valence-corrected chi connectivity index (χ1v) is 8.66. The van der Waals surface area contributed by atoms with Crippen molar-refractivity contribution in [1.82, 2.24) is 19.5 Å². The highest BCUT2D eigenvalue weighted by molar-refractivity contribution is 5.77. The fraction of sp³-hybridized carbons (Fsp3) is 0.150. The van der Waals surface area contributed by atoms with Crippen LogP contribution >= 0.6 is 0 Å². The topological polar surface area (TPSA) is 92.8 Å². The fourth-order valence-electron chi connectivity index (χ4n) is 3.02. The van der Waals surface area contributed by atoms with E-state index in [1.54, 1.807) is 0 Å². The molecule has 2 heterocycles. The van der Waals surface area contributed by atoms with Crippen molar-refractivity contribution in [3.8, 4) is 17.1 Å². The number of aromatic amines is 2. The molecule has 0 aliphatic heterocycles. The zero-order chi connectivity index (χ0) is 18.8. The summed E-state index contributed by atoms with van der Waals surface area (Å²) in [5.74, 6) is 1.14. The largest absolute Gasteiger partial charge is 0.493 e. The van der Waals surface area contributed by atoms with Crippen molar-refractivity contribution in [1.29, 1.82) is 0 Å². The van der Waals surface area contributed by atoms with Crippen LogP contribution < -0.4 is 16.0 Å². The van der Waals surface area contributed by atoms with E-state index >= 15 is 0 Å². The zero-order valence-electron chi connectivity index (χ0n) is 14.7. The Morgan fingerprint density at radius 3 is 2.52 bits per heavy atom. The molecule has 0 fully saturated rings. The van der Waals surface area contributed by atoms with E-state index in [0.29, 0.717) is 30.4 Å². The third-order valence-electron chi connectivity index (χ3n) is 4.26. The molecular weight excluding hydrogens is 344 g/mol. The maximum absolute atomic E-state index is 12.4. The van der Waals surface area contributed by atoms with Gasteiger partial charge in [0.25, 0.3) is 5.56 Å². The van der Waals surface area contributed by atoms with Gasteiger partial charge < -0.3 is 9.72 Å². The molecule has 136 valence electrons. The first kappa shape index (κ1) is 16.8. The number of nitrogens with zero attached hydrogens (tertiary/aromatic N) is 2. The van der Waals surface area contributed by atoms with Gasteiger partial charge in [-0.05, 0) is 24.6 Å². The zero-order valence-corrected chi connectivity index (χ0v) is 14.7. The number of benzene rings is 2. The Bertz CT molecular complexity index is 1210. The molecule has 0 saturated carbocycles. The van der Waals surface area contributed by atoms with E-state index in [9.17, 15) is 9.59 Å². The molecule has 0 spiro atoms. The molecule has 0 saturated heterocycles. The number of imidazole rings is 1. The van der Waals surface area contributed by atoms with E-state index in [-0.39, 0.29) is 5.52 Å². The lowest BCUT2D eigenvalue weighted by atomic mass is 10.2. The van der Waals surface area contributed by atoms with Gasteiger partial charge in [0.05, 0.1) is 18.7 Å².